The van der Waals surface area contributed by atoms with E-state index in [1.54, 1.807) is 32.4 Å². The largest absolute Gasteiger partial charge is 0.497 e. The van der Waals surface area contributed by atoms with Crippen molar-refractivity contribution < 1.29 is 9.53 Å². The molecule has 0 fully saturated rings. The minimum absolute atomic E-state index is 0.224. The summed E-state index contributed by atoms with van der Waals surface area (Å²) in [5, 5.41) is 0. The van der Waals surface area contributed by atoms with Crippen molar-refractivity contribution in [3.8, 4) is 5.75 Å². The van der Waals surface area contributed by atoms with Crippen LogP contribution < -0.4 is 15.4 Å². The molecule has 2 aromatic rings. The van der Waals surface area contributed by atoms with Gasteiger partial charge < -0.3 is 15.4 Å². The number of nitrogens with zero attached hydrogens (tertiary/aromatic N) is 2. The number of amides is 1. The number of anilines is 1. The van der Waals surface area contributed by atoms with Crippen LogP contribution in [0.15, 0.2) is 42.6 Å². The lowest BCUT2D eigenvalue weighted by Gasteiger charge is -2.17. The van der Waals surface area contributed by atoms with Crippen LogP contribution in [0.25, 0.3) is 0 Å². The molecule has 0 aliphatic rings. The summed E-state index contributed by atoms with van der Waals surface area (Å²) in [6, 6.07) is 10.5. The maximum absolute atomic E-state index is 12.4. The van der Waals surface area contributed by atoms with Gasteiger partial charge in [0, 0.05) is 30.6 Å². The first-order chi connectivity index (χ1) is 10.0. The van der Waals surface area contributed by atoms with Crippen molar-refractivity contribution in [3.05, 3.63) is 53.9 Å². The number of carbonyl (C=O) groups is 1. The first kappa shape index (κ1) is 14.9. The first-order valence-electron chi connectivity index (χ1n) is 6.21. The molecule has 0 radical (unpaired) electrons. The summed E-state index contributed by atoms with van der Waals surface area (Å²) >= 11 is 4.86. The summed E-state index contributed by atoms with van der Waals surface area (Å²) in [6.45, 7) is 0. The maximum atomic E-state index is 12.4. The second-order valence-corrected chi connectivity index (χ2v) is 4.80. The Hall–Kier alpha value is -2.47. The van der Waals surface area contributed by atoms with Gasteiger partial charge in [-0.25, -0.2) is 0 Å². The number of aromatic nitrogens is 1. The third kappa shape index (κ3) is 3.35. The number of methoxy groups -OCH3 is 1. The van der Waals surface area contributed by atoms with Gasteiger partial charge in [-0.3, -0.25) is 9.78 Å². The zero-order valence-corrected chi connectivity index (χ0v) is 12.6. The van der Waals surface area contributed by atoms with Gasteiger partial charge in [-0.05, 0) is 24.3 Å². The van der Waals surface area contributed by atoms with Crippen molar-refractivity contribution in [2.45, 2.75) is 0 Å². The second-order valence-electron chi connectivity index (χ2n) is 4.36. The van der Waals surface area contributed by atoms with Crippen LogP contribution in [-0.2, 0) is 0 Å². The minimum Gasteiger partial charge on any atom is -0.497 e. The summed E-state index contributed by atoms with van der Waals surface area (Å²) in [6.07, 6.45) is 1.50. The molecule has 0 aliphatic carbocycles. The molecule has 0 spiro atoms. The van der Waals surface area contributed by atoms with E-state index < -0.39 is 0 Å². The molecule has 0 atom stereocenters. The second kappa shape index (κ2) is 6.32. The molecule has 2 rings (SSSR count). The van der Waals surface area contributed by atoms with Gasteiger partial charge in [0.25, 0.3) is 5.91 Å². The van der Waals surface area contributed by atoms with Crippen molar-refractivity contribution >= 4 is 28.8 Å². The fourth-order valence-corrected chi connectivity index (χ4v) is 1.90. The molecule has 1 aromatic heterocycles. The van der Waals surface area contributed by atoms with Crippen LogP contribution in [0.2, 0.25) is 0 Å². The van der Waals surface area contributed by atoms with Crippen LogP contribution in [0.5, 0.6) is 5.75 Å². The van der Waals surface area contributed by atoms with Crippen LogP contribution in [0, 0.1) is 0 Å². The lowest BCUT2D eigenvalue weighted by molar-refractivity contribution is 0.0988. The van der Waals surface area contributed by atoms with Gasteiger partial charge in [0.2, 0.25) is 0 Å². The highest BCUT2D eigenvalue weighted by Crippen LogP contribution is 2.21. The monoisotopic (exact) mass is 301 g/mol. The molecule has 2 N–H and O–H groups in total. The van der Waals surface area contributed by atoms with E-state index in [-0.39, 0.29) is 10.9 Å². The molecule has 0 unspecified atom stereocenters. The predicted octanol–water partition coefficient (Wildman–Crippen LogP) is 2.00. The number of carbonyl (C=O) groups excluding carboxylic acids is 1. The Morgan fingerprint density at radius 1 is 1.33 bits per heavy atom. The predicted molar refractivity (Wildman–Crippen MR) is 85.9 cm³/mol. The number of ether oxygens (including phenoxy) is 1. The zero-order chi connectivity index (χ0) is 15.4. The number of nitrogens with two attached hydrogens (primary N) is 1. The van der Waals surface area contributed by atoms with Gasteiger partial charge >= 0.3 is 0 Å². The van der Waals surface area contributed by atoms with E-state index in [2.05, 4.69) is 4.98 Å². The zero-order valence-electron chi connectivity index (χ0n) is 11.7. The molecule has 0 aliphatic heterocycles. The van der Waals surface area contributed by atoms with Crippen LogP contribution in [0.1, 0.15) is 16.1 Å². The number of rotatable bonds is 4. The van der Waals surface area contributed by atoms with E-state index >= 15 is 0 Å². The molecule has 21 heavy (non-hydrogen) atoms. The molecule has 0 bridgehead atoms. The Labute approximate surface area is 128 Å². The van der Waals surface area contributed by atoms with E-state index in [1.165, 1.54) is 11.1 Å². The summed E-state index contributed by atoms with van der Waals surface area (Å²) in [7, 11) is 3.26. The normalized spacial score (nSPS) is 10.0. The van der Waals surface area contributed by atoms with Crippen LogP contribution in [0.4, 0.5) is 5.69 Å². The quantitative estimate of drug-likeness (QED) is 0.875. The summed E-state index contributed by atoms with van der Waals surface area (Å²) in [5.74, 6) is 0.460. The van der Waals surface area contributed by atoms with Gasteiger partial charge in [0.05, 0.1) is 7.11 Å². The molecular weight excluding hydrogens is 286 g/mol. The SMILES string of the molecule is COc1cccc(N(C)C(=O)c2ccc(C(N)=S)cn2)c1. The Morgan fingerprint density at radius 3 is 2.67 bits per heavy atom. The standard InChI is InChI=1S/C15H15N3O2S/c1-18(11-4-3-5-12(8-11)20-2)15(19)13-7-6-10(9-17-13)14(16)21/h3-9H,1-2H3,(H2,16,21). The maximum Gasteiger partial charge on any atom is 0.276 e. The number of pyridine rings is 1. The van der Waals surface area contributed by atoms with Crippen molar-refractivity contribution in [1.82, 2.24) is 4.98 Å². The highest BCUT2D eigenvalue weighted by atomic mass is 32.1. The number of hydrogen-bond acceptors (Lipinski definition) is 4. The van der Waals surface area contributed by atoms with E-state index in [0.717, 1.165) is 5.69 Å². The minimum atomic E-state index is -0.224. The lowest BCUT2D eigenvalue weighted by Crippen LogP contribution is -2.27. The summed E-state index contributed by atoms with van der Waals surface area (Å²) in [5.41, 5.74) is 7.18. The lowest BCUT2D eigenvalue weighted by atomic mass is 10.2. The van der Waals surface area contributed by atoms with Gasteiger partial charge in [0.15, 0.2) is 0 Å². The molecule has 108 valence electrons. The molecule has 1 aromatic carbocycles. The van der Waals surface area contributed by atoms with Gasteiger partial charge in [-0.2, -0.15) is 0 Å². The van der Waals surface area contributed by atoms with Gasteiger partial charge in [-0.1, -0.05) is 18.3 Å². The topological polar surface area (TPSA) is 68.5 Å². The summed E-state index contributed by atoms with van der Waals surface area (Å²) in [4.78, 5) is 18.2. The van der Waals surface area contributed by atoms with Crippen molar-refractivity contribution in [3.63, 3.8) is 0 Å². The molecular formula is C15H15N3O2S. The van der Waals surface area contributed by atoms with Crippen LogP contribution in [-0.4, -0.2) is 30.0 Å². The Bertz CT molecular complexity index is 671. The molecule has 5 nitrogen and oxygen atoms in total. The molecule has 1 heterocycles. The van der Waals surface area contributed by atoms with Crippen molar-refractivity contribution in [2.24, 2.45) is 5.73 Å². The smallest absolute Gasteiger partial charge is 0.276 e. The third-order valence-corrected chi connectivity index (χ3v) is 3.25. The van der Waals surface area contributed by atoms with E-state index in [0.29, 0.717) is 17.0 Å². The van der Waals surface area contributed by atoms with E-state index in [1.807, 2.05) is 18.2 Å². The van der Waals surface area contributed by atoms with Crippen molar-refractivity contribution in [2.75, 3.05) is 19.1 Å². The summed E-state index contributed by atoms with van der Waals surface area (Å²) < 4.78 is 5.15. The van der Waals surface area contributed by atoms with Crippen molar-refractivity contribution in [1.29, 1.82) is 0 Å². The Balaban J connectivity index is 2.23. The molecule has 0 saturated carbocycles. The fraction of sp³-hybridized carbons (Fsp3) is 0.133. The highest BCUT2D eigenvalue weighted by molar-refractivity contribution is 7.80. The van der Waals surface area contributed by atoms with Gasteiger partial charge in [0.1, 0.15) is 16.4 Å². The Morgan fingerprint density at radius 2 is 2.10 bits per heavy atom. The average Bonchev–Trinajstić information content (AvgIpc) is 2.53. The first-order valence-corrected chi connectivity index (χ1v) is 6.61. The van der Waals surface area contributed by atoms with Crippen LogP contribution in [0.3, 0.4) is 0 Å². The molecule has 0 saturated heterocycles. The fourth-order valence-electron chi connectivity index (χ4n) is 1.77. The van der Waals surface area contributed by atoms with Gasteiger partial charge in [-0.15, -0.1) is 0 Å². The highest BCUT2D eigenvalue weighted by Gasteiger charge is 2.15. The number of benzene rings is 1. The Kier molecular flexibility index (Phi) is 4.49. The molecule has 6 heteroatoms. The number of thiocarbonyl (C=S) groups is 1. The third-order valence-electron chi connectivity index (χ3n) is 3.01. The molecule has 1 amide bonds. The number of hydrogen-bond donors (Lipinski definition) is 1. The van der Waals surface area contributed by atoms with E-state index in [4.69, 9.17) is 22.7 Å². The average molecular weight is 301 g/mol. The van der Waals surface area contributed by atoms with E-state index in [9.17, 15) is 4.79 Å². The van der Waals surface area contributed by atoms with Crippen LogP contribution >= 0.6 is 12.2 Å².